The second-order valence-electron chi connectivity index (χ2n) is 6.87. The summed E-state index contributed by atoms with van der Waals surface area (Å²) in [5, 5.41) is 9.69. The number of nitrogens with one attached hydrogen (secondary N) is 3. The highest BCUT2D eigenvalue weighted by atomic mass is 35.5. The van der Waals surface area contributed by atoms with E-state index in [9.17, 15) is 14.4 Å². The number of ether oxygens (including phenoxy) is 1. The predicted octanol–water partition coefficient (Wildman–Crippen LogP) is 3.23. The Balaban J connectivity index is 1.84. The van der Waals surface area contributed by atoms with Crippen molar-refractivity contribution >= 4 is 52.8 Å². The van der Waals surface area contributed by atoms with E-state index in [1.165, 1.54) is 6.21 Å². The van der Waals surface area contributed by atoms with Crippen molar-refractivity contribution < 1.29 is 19.1 Å². The van der Waals surface area contributed by atoms with Crippen molar-refractivity contribution in [3.05, 3.63) is 58.1 Å². The highest BCUT2D eigenvalue weighted by Gasteiger charge is 2.12. The maximum absolute atomic E-state index is 12.1. The van der Waals surface area contributed by atoms with Crippen LogP contribution in [0.2, 0.25) is 10.0 Å². The Morgan fingerprint density at radius 1 is 1.06 bits per heavy atom. The first kappa shape index (κ1) is 24.2. The van der Waals surface area contributed by atoms with Gasteiger partial charge in [0.15, 0.2) is 6.61 Å². The molecule has 0 heterocycles. The lowest BCUT2D eigenvalue weighted by atomic mass is 10.2. The number of carbonyl (C=O) groups is 3. The molecule has 0 aromatic heterocycles. The molecule has 2 rings (SSSR count). The van der Waals surface area contributed by atoms with Gasteiger partial charge in [-0.15, -0.1) is 0 Å². The van der Waals surface area contributed by atoms with Crippen LogP contribution < -0.4 is 20.8 Å². The van der Waals surface area contributed by atoms with E-state index in [2.05, 4.69) is 21.2 Å². The van der Waals surface area contributed by atoms with Gasteiger partial charge in [0.05, 0.1) is 6.21 Å². The molecule has 2 aromatic rings. The molecule has 0 bridgehead atoms. The molecule has 10 heteroatoms. The third-order valence-corrected chi connectivity index (χ3v) is 4.07. The van der Waals surface area contributed by atoms with Gasteiger partial charge in [0.2, 0.25) is 0 Å². The number of hydrogen-bond donors (Lipinski definition) is 3. The molecule has 0 saturated carbocycles. The zero-order valence-corrected chi connectivity index (χ0v) is 18.5. The maximum Gasteiger partial charge on any atom is 0.329 e. The maximum atomic E-state index is 12.1. The van der Waals surface area contributed by atoms with Crippen LogP contribution >= 0.6 is 23.2 Å². The molecule has 0 fully saturated rings. The molecule has 31 heavy (non-hydrogen) atoms. The van der Waals surface area contributed by atoms with Crippen LogP contribution in [0.15, 0.2) is 47.6 Å². The van der Waals surface area contributed by atoms with Crippen LogP contribution in [0.4, 0.5) is 5.69 Å². The van der Waals surface area contributed by atoms with Crippen molar-refractivity contribution in [2.75, 3.05) is 18.5 Å². The number of hydrazone groups is 1. The van der Waals surface area contributed by atoms with Gasteiger partial charge in [0, 0.05) is 22.3 Å². The fraction of sp³-hybridized carbons (Fsp3) is 0.238. The minimum Gasteiger partial charge on any atom is -0.484 e. The molecule has 0 aliphatic heterocycles. The van der Waals surface area contributed by atoms with Gasteiger partial charge in [0.1, 0.15) is 5.75 Å². The summed E-state index contributed by atoms with van der Waals surface area (Å²) in [6.45, 7) is 3.99. The van der Waals surface area contributed by atoms with E-state index in [1.807, 2.05) is 13.8 Å². The first-order valence-electron chi connectivity index (χ1n) is 9.33. The van der Waals surface area contributed by atoms with E-state index >= 15 is 0 Å². The molecule has 0 unspecified atom stereocenters. The van der Waals surface area contributed by atoms with E-state index in [0.29, 0.717) is 33.6 Å². The molecule has 2 aromatic carbocycles. The zero-order valence-electron chi connectivity index (χ0n) is 16.9. The van der Waals surface area contributed by atoms with Gasteiger partial charge in [-0.1, -0.05) is 49.2 Å². The third-order valence-electron chi connectivity index (χ3n) is 3.63. The Bertz CT molecular complexity index is 959. The minimum atomic E-state index is -0.859. The number of anilines is 1. The summed E-state index contributed by atoms with van der Waals surface area (Å²) in [5.41, 5.74) is 3.21. The third kappa shape index (κ3) is 9.06. The average molecular weight is 465 g/mol. The molecular weight excluding hydrogens is 443 g/mol. The van der Waals surface area contributed by atoms with E-state index in [1.54, 1.807) is 42.5 Å². The number of hydrogen-bond acceptors (Lipinski definition) is 5. The number of rotatable bonds is 8. The van der Waals surface area contributed by atoms with Crippen molar-refractivity contribution in [3.63, 3.8) is 0 Å². The number of amides is 3. The molecular formula is C21H22Cl2N4O4. The van der Waals surface area contributed by atoms with Gasteiger partial charge >= 0.3 is 11.8 Å². The second-order valence-corrected chi connectivity index (χ2v) is 7.74. The summed E-state index contributed by atoms with van der Waals surface area (Å²) in [5.74, 6) is -1.35. The van der Waals surface area contributed by atoms with Gasteiger partial charge in [-0.2, -0.15) is 5.10 Å². The lowest BCUT2D eigenvalue weighted by Gasteiger charge is -2.09. The molecule has 164 valence electrons. The zero-order chi connectivity index (χ0) is 22.8. The van der Waals surface area contributed by atoms with Crippen LogP contribution in [0.5, 0.6) is 5.75 Å². The number of nitrogens with zero attached hydrogens (tertiary/aromatic N) is 1. The van der Waals surface area contributed by atoms with Gasteiger partial charge in [-0.25, -0.2) is 5.43 Å². The van der Waals surface area contributed by atoms with Crippen LogP contribution in [0.3, 0.4) is 0 Å². The van der Waals surface area contributed by atoms with E-state index in [4.69, 9.17) is 27.9 Å². The Morgan fingerprint density at radius 2 is 1.77 bits per heavy atom. The van der Waals surface area contributed by atoms with Crippen molar-refractivity contribution in [1.82, 2.24) is 10.7 Å². The van der Waals surface area contributed by atoms with Gasteiger partial charge in [-0.05, 0) is 41.8 Å². The van der Waals surface area contributed by atoms with Gasteiger partial charge in [0.25, 0.3) is 5.91 Å². The molecule has 3 amide bonds. The Morgan fingerprint density at radius 3 is 2.45 bits per heavy atom. The largest absolute Gasteiger partial charge is 0.484 e. The normalized spacial score (nSPS) is 10.7. The summed E-state index contributed by atoms with van der Waals surface area (Å²) in [6.07, 6.45) is 1.36. The van der Waals surface area contributed by atoms with Crippen molar-refractivity contribution in [1.29, 1.82) is 0 Å². The predicted molar refractivity (Wildman–Crippen MR) is 121 cm³/mol. The van der Waals surface area contributed by atoms with E-state index in [-0.39, 0.29) is 12.5 Å². The fourth-order valence-electron chi connectivity index (χ4n) is 2.25. The Kier molecular flexibility index (Phi) is 9.30. The van der Waals surface area contributed by atoms with Crippen LogP contribution in [-0.2, 0) is 14.4 Å². The summed E-state index contributed by atoms with van der Waals surface area (Å²) in [7, 11) is 0. The summed E-state index contributed by atoms with van der Waals surface area (Å²) in [4.78, 5) is 35.3. The smallest absolute Gasteiger partial charge is 0.329 e. The fourth-order valence-corrected chi connectivity index (χ4v) is 2.78. The molecule has 8 nitrogen and oxygen atoms in total. The SMILES string of the molecule is CC(C)CNC(=O)C(=O)N/N=C\c1cccc(OCC(=O)Nc2cc(Cl)cc(Cl)c2)c1. The summed E-state index contributed by atoms with van der Waals surface area (Å²) in [6, 6.07) is 11.4. The highest BCUT2D eigenvalue weighted by molar-refractivity contribution is 6.35. The standard InChI is InChI=1S/C21H22Cl2N4O4/c1-13(2)10-24-20(29)21(30)27-25-11-14-4-3-5-18(6-14)31-12-19(28)26-17-8-15(22)7-16(23)9-17/h3-9,11,13H,10,12H2,1-2H3,(H,24,29)(H,26,28)(H,27,30)/b25-11-. The Labute approximate surface area is 189 Å². The molecule has 0 saturated heterocycles. The lowest BCUT2D eigenvalue weighted by molar-refractivity contribution is -0.139. The number of carbonyl (C=O) groups excluding carboxylic acids is 3. The number of benzene rings is 2. The first-order valence-corrected chi connectivity index (χ1v) is 10.1. The monoisotopic (exact) mass is 464 g/mol. The number of halogens is 2. The summed E-state index contributed by atoms with van der Waals surface area (Å²) >= 11 is 11.8. The van der Waals surface area contributed by atoms with Crippen molar-refractivity contribution in [3.8, 4) is 5.75 Å². The van der Waals surface area contributed by atoms with E-state index in [0.717, 1.165) is 0 Å². The first-order chi connectivity index (χ1) is 14.7. The Hall–Kier alpha value is -3.10. The minimum absolute atomic E-state index is 0.230. The molecule has 0 aliphatic rings. The van der Waals surface area contributed by atoms with Crippen LogP contribution in [0.1, 0.15) is 19.4 Å². The van der Waals surface area contributed by atoms with Crippen LogP contribution in [-0.4, -0.2) is 37.1 Å². The van der Waals surface area contributed by atoms with Crippen molar-refractivity contribution in [2.45, 2.75) is 13.8 Å². The second kappa shape index (κ2) is 11.9. The van der Waals surface area contributed by atoms with Crippen molar-refractivity contribution in [2.24, 2.45) is 11.0 Å². The molecule has 0 radical (unpaired) electrons. The lowest BCUT2D eigenvalue weighted by Crippen LogP contribution is -2.39. The van der Waals surface area contributed by atoms with Crippen LogP contribution in [0, 0.1) is 5.92 Å². The highest BCUT2D eigenvalue weighted by Crippen LogP contribution is 2.22. The molecule has 0 atom stereocenters. The molecule has 0 aliphatic carbocycles. The summed E-state index contributed by atoms with van der Waals surface area (Å²) < 4.78 is 5.47. The van der Waals surface area contributed by atoms with Gasteiger partial charge in [-0.3, -0.25) is 14.4 Å². The average Bonchev–Trinajstić information content (AvgIpc) is 2.70. The molecule has 0 spiro atoms. The van der Waals surface area contributed by atoms with E-state index < -0.39 is 17.7 Å². The van der Waals surface area contributed by atoms with Gasteiger partial charge < -0.3 is 15.4 Å². The van der Waals surface area contributed by atoms with Crippen LogP contribution in [0.25, 0.3) is 0 Å². The topological polar surface area (TPSA) is 109 Å². The quantitative estimate of drug-likeness (QED) is 0.316. The molecule has 3 N–H and O–H groups in total.